The summed E-state index contributed by atoms with van der Waals surface area (Å²) in [6.45, 7) is 0.760. The number of nitrogens with zero attached hydrogens (tertiary/aromatic N) is 2. The first-order valence-electron chi connectivity index (χ1n) is 7.67. The molecule has 1 atom stereocenters. The maximum absolute atomic E-state index is 12.4. The molecule has 3 heterocycles. The minimum absolute atomic E-state index is 0.00618. The summed E-state index contributed by atoms with van der Waals surface area (Å²) in [5.41, 5.74) is 2.49. The van der Waals surface area contributed by atoms with E-state index in [0.717, 1.165) is 38.0 Å². The number of hydrogen-bond acceptors (Lipinski definition) is 4. The van der Waals surface area contributed by atoms with Crippen LogP contribution >= 0.6 is 23.1 Å². The number of aryl methyl sites for hydroxylation is 3. The van der Waals surface area contributed by atoms with Gasteiger partial charge in [-0.2, -0.15) is 5.10 Å². The van der Waals surface area contributed by atoms with E-state index in [2.05, 4.69) is 28.1 Å². The molecule has 2 aromatic heterocycles. The number of carbonyl (C=O) groups excluding carboxylic acids is 1. The molecule has 0 fully saturated rings. The Morgan fingerprint density at radius 2 is 2.41 bits per heavy atom. The molecule has 1 N–H and O–H groups in total. The number of unbranched alkanes of at least 4 members (excludes halogenated alkanes) is 1. The predicted molar refractivity (Wildman–Crippen MR) is 92.4 cm³/mol. The second-order valence-corrected chi connectivity index (χ2v) is 7.78. The number of rotatable bonds is 6. The van der Waals surface area contributed by atoms with Gasteiger partial charge in [-0.25, -0.2) is 0 Å². The molecule has 0 saturated carbocycles. The third-order valence-corrected chi connectivity index (χ3v) is 6.10. The largest absolute Gasteiger partial charge is 0.355 e. The van der Waals surface area contributed by atoms with E-state index in [9.17, 15) is 4.79 Å². The Bertz CT molecular complexity index is 635. The molecular weight excluding hydrogens is 314 g/mol. The Balaban J connectivity index is 1.40. The number of fused-ring (bicyclic) bond motifs is 1. The van der Waals surface area contributed by atoms with Gasteiger partial charge in [0.1, 0.15) is 5.25 Å². The minimum Gasteiger partial charge on any atom is -0.355 e. The van der Waals surface area contributed by atoms with Crippen molar-refractivity contribution in [3.8, 4) is 0 Å². The quantitative estimate of drug-likeness (QED) is 0.826. The van der Waals surface area contributed by atoms with E-state index >= 15 is 0 Å². The molecule has 1 aliphatic heterocycles. The van der Waals surface area contributed by atoms with Crippen molar-refractivity contribution < 1.29 is 4.79 Å². The molecule has 22 heavy (non-hydrogen) atoms. The lowest BCUT2D eigenvalue weighted by molar-refractivity contribution is -0.120. The number of aromatic nitrogens is 2. The van der Waals surface area contributed by atoms with Crippen molar-refractivity contribution >= 4 is 29.0 Å². The van der Waals surface area contributed by atoms with Gasteiger partial charge in [-0.3, -0.25) is 9.48 Å². The van der Waals surface area contributed by atoms with E-state index < -0.39 is 0 Å². The van der Waals surface area contributed by atoms with Crippen LogP contribution in [0.25, 0.3) is 0 Å². The summed E-state index contributed by atoms with van der Waals surface area (Å²) in [4.78, 5) is 13.7. The summed E-state index contributed by atoms with van der Waals surface area (Å²) in [6, 6.07) is 2.11. The summed E-state index contributed by atoms with van der Waals surface area (Å²) < 4.78 is 1.83. The molecule has 4 nitrogen and oxygen atoms in total. The van der Waals surface area contributed by atoms with Gasteiger partial charge in [0, 0.05) is 24.7 Å². The summed E-state index contributed by atoms with van der Waals surface area (Å²) >= 11 is 3.54. The monoisotopic (exact) mass is 335 g/mol. The predicted octanol–water partition coefficient (Wildman–Crippen LogP) is 2.95. The fourth-order valence-electron chi connectivity index (χ4n) is 2.72. The first-order chi connectivity index (χ1) is 10.7. The second-order valence-electron chi connectivity index (χ2n) is 5.57. The highest BCUT2D eigenvalue weighted by Gasteiger charge is 2.27. The maximum Gasteiger partial charge on any atom is 0.237 e. The van der Waals surface area contributed by atoms with E-state index in [0.29, 0.717) is 0 Å². The molecule has 0 bridgehead atoms. The molecule has 0 aromatic carbocycles. The van der Waals surface area contributed by atoms with E-state index in [1.54, 1.807) is 23.1 Å². The van der Waals surface area contributed by atoms with Crippen molar-refractivity contribution in [3.05, 3.63) is 39.8 Å². The van der Waals surface area contributed by atoms with Gasteiger partial charge in [0.25, 0.3) is 0 Å². The standard InChI is InChI=1S/C16H21N3OS2/c1-19-11-12(10-18-19)4-2-3-7-17-16(20)15-13-5-8-21-14(13)6-9-22-15/h5,8,10-11,15H,2-4,6-7,9H2,1H3,(H,17,20). The zero-order chi connectivity index (χ0) is 15.4. The third kappa shape index (κ3) is 3.73. The van der Waals surface area contributed by atoms with Crippen LogP contribution in [-0.2, 0) is 24.7 Å². The highest BCUT2D eigenvalue weighted by atomic mass is 32.2. The zero-order valence-electron chi connectivity index (χ0n) is 12.7. The van der Waals surface area contributed by atoms with Gasteiger partial charge < -0.3 is 5.32 Å². The van der Waals surface area contributed by atoms with E-state index in [-0.39, 0.29) is 11.2 Å². The molecule has 1 aliphatic rings. The lowest BCUT2D eigenvalue weighted by Crippen LogP contribution is -2.30. The van der Waals surface area contributed by atoms with Crippen molar-refractivity contribution in [1.82, 2.24) is 15.1 Å². The topological polar surface area (TPSA) is 46.9 Å². The lowest BCUT2D eigenvalue weighted by Gasteiger charge is -2.21. The zero-order valence-corrected chi connectivity index (χ0v) is 14.4. The SMILES string of the molecule is Cn1cc(CCCCNC(=O)C2SCCc3sccc32)cn1. The molecule has 1 unspecified atom stereocenters. The van der Waals surface area contributed by atoms with Crippen LogP contribution in [0, 0.1) is 0 Å². The molecule has 3 rings (SSSR count). The average Bonchev–Trinajstić information content (AvgIpc) is 3.15. The van der Waals surface area contributed by atoms with Crippen LogP contribution in [-0.4, -0.2) is 28.0 Å². The van der Waals surface area contributed by atoms with Gasteiger partial charge in [-0.05, 0) is 54.0 Å². The van der Waals surface area contributed by atoms with Crippen molar-refractivity contribution in [2.45, 2.75) is 30.9 Å². The van der Waals surface area contributed by atoms with Gasteiger partial charge in [0.2, 0.25) is 5.91 Å². The Labute approximate surface area is 139 Å². The van der Waals surface area contributed by atoms with Gasteiger partial charge in [0.15, 0.2) is 0 Å². The van der Waals surface area contributed by atoms with Gasteiger partial charge in [0.05, 0.1) is 6.20 Å². The molecule has 6 heteroatoms. The molecule has 0 spiro atoms. The number of carbonyl (C=O) groups is 1. The fourth-order valence-corrected chi connectivity index (χ4v) is 5.04. The average molecular weight is 335 g/mol. The van der Waals surface area contributed by atoms with E-state index in [1.165, 1.54) is 16.0 Å². The maximum atomic E-state index is 12.4. The van der Waals surface area contributed by atoms with Crippen molar-refractivity contribution in [3.63, 3.8) is 0 Å². The van der Waals surface area contributed by atoms with Crippen LogP contribution in [0.2, 0.25) is 0 Å². The van der Waals surface area contributed by atoms with Crippen LogP contribution in [0.3, 0.4) is 0 Å². The number of thioether (sulfide) groups is 1. The van der Waals surface area contributed by atoms with Crippen LogP contribution in [0.15, 0.2) is 23.8 Å². The smallest absolute Gasteiger partial charge is 0.237 e. The molecule has 118 valence electrons. The fraction of sp³-hybridized carbons (Fsp3) is 0.500. The van der Waals surface area contributed by atoms with Gasteiger partial charge in [-0.1, -0.05) is 0 Å². The first-order valence-corrected chi connectivity index (χ1v) is 9.60. The summed E-state index contributed by atoms with van der Waals surface area (Å²) in [5.74, 6) is 1.22. The number of thiophene rings is 1. The Kier molecular flexibility index (Phi) is 5.20. The lowest BCUT2D eigenvalue weighted by atomic mass is 10.1. The van der Waals surface area contributed by atoms with E-state index in [4.69, 9.17) is 0 Å². The summed E-state index contributed by atoms with van der Waals surface area (Å²) in [5, 5.41) is 9.36. The number of amides is 1. The van der Waals surface area contributed by atoms with Crippen LogP contribution < -0.4 is 5.32 Å². The molecule has 2 aromatic rings. The third-order valence-electron chi connectivity index (χ3n) is 3.86. The van der Waals surface area contributed by atoms with Crippen LogP contribution in [0.5, 0.6) is 0 Å². The Morgan fingerprint density at radius 3 is 3.23 bits per heavy atom. The van der Waals surface area contributed by atoms with E-state index in [1.807, 2.05) is 17.9 Å². The highest BCUT2D eigenvalue weighted by molar-refractivity contribution is 8.00. The molecular formula is C16H21N3OS2. The van der Waals surface area contributed by atoms with Crippen LogP contribution in [0.4, 0.5) is 0 Å². The van der Waals surface area contributed by atoms with Crippen molar-refractivity contribution in [1.29, 1.82) is 0 Å². The molecule has 0 saturated heterocycles. The highest BCUT2D eigenvalue weighted by Crippen LogP contribution is 2.39. The van der Waals surface area contributed by atoms with Crippen LogP contribution in [0.1, 0.15) is 34.1 Å². The number of nitrogens with one attached hydrogen (secondary N) is 1. The summed E-state index contributed by atoms with van der Waals surface area (Å²) in [6.07, 6.45) is 8.18. The first kappa shape index (κ1) is 15.6. The van der Waals surface area contributed by atoms with Crippen molar-refractivity contribution in [2.75, 3.05) is 12.3 Å². The Hall–Kier alpha value is -1.27. The normalized spacial score (nSPS) is 17.2. The summed E-state index contributed by atoms with van der Waals surface area (Å²) in [7, 11) is 1.93. The second kappa shape index (κ2) is 7.33. The minimum atomic E-state index is -0.00618. The van der Waals surface area contributed by atoms with Gasteiger partial charge in [-0.15, -0.1) is 23.1 Å². The Morgan fingerprint density at radius 1 is 1.50 bits per heavy atom. The molecule has 0 radical (unpaired) electrons. The number of hydrogen-bond donors (Lipinski definition) is 1. The van der Waals surface area contributed by atoms with Crippen molar-refractivity contribution in [2.24, 2.45) is 7.05 Å². The molecule has 1 amide bonds. The molecule has 0 aliphatic carbocycles. The van der Waals surface area contributed by atoms with Gasteiger partial charge >= 0.3 is 0 Å².